The Kier molecular flexibility index (Phi) is 6.27. The number of hydrogen-bond acceptors (Lipinski definition) is 9. The Bertz CT molecular complexity index is 1180. The molecule has 0 bridgehead atoms. The quantitative estimate of drug-likeness (QED) is 0.571. The molecule has 3 aromatic rings. The van der Waals surface area contributed by atoms with Gasteiger partial charge in [0.15, 0.2) is 0 Å². The number of ether oxygens (including phenoxy) is 1. The number of aromatic nitrogens is 6. The van der Waals surface area contributed by atoms with Gasteiger partial charge in [-0.25, -0.2) is 14.5 Å². The Hall–Kier alpha value is -3.93. The van der Waals surface area contributed by atoms with E-state index in [0.717, 1.165) is 11.1 Å². The zero-order valence-corrected chi connectivity index (χ0v) is 18.5. The SMILES string of the molecule is CC(C)OC(=O)N1Cc2cnc(C(=O)Nc3cccc(-c4nnnn4[C@H](C)CO)n3)cc2C1. The highest BCUT2D eigenvalue weighted by atomic mass is 16.6. The van der Waals surface area contributed by atoms with E-state index >= 15 is 0 Å². The van der Waals surface area contributed by atoms with Gasteiger partial charge in [0.1, 0.15) is 17.2 Å². The lowest BCUT2D eigenvalue weighted by molar-refractivity contribution is 0.0760. The summed E-state index contributed by atoms with van der Waals surface area (Å²) in [6, 6.07) is 6.40. The summed E-state index contributed by atoms with van der Waals surface area (Å²) < 4.78 is 6.71. The highest BCUT2D eigenvalue weighted by molar-refractivity contribution is 6.02. The lowest BCUT2D eigenvalue weighted by atomic mass is 10.1. The first kappa shape index (κ1) is 22.3. The van der Waals surface area contributed by atoms with Gasteiger partial charge in [-0.15, -0.1) is 5.10 Å². The zero-order valence-electron chi connectivity index (χ0n) is 18.5. The van der Waals surface area contributed by atoms with Crippen molar-refractivity contribution in [2.75, 3.05) is 11.9 Å². The van der Waals surface area contributed by atoms with Gasteiger partial charge in [-0.05, 0) is 60.5 Å². The van der Waals surface area contributed by atoms with Crippen molar-refractivity contribution in [3.63, 3.8) is 0 Å². The zero-order chi connectivity index (χ0) is 23.5. The van der Waals surface area contributed by atoms with Crippen molar-refractivity contribution in [2.24, 2.45) is 0 Å². The second-order valence-electron chi connectivity index (χ2n) is 7.97. The molecule has 12 nitrogen and oxygen atoms in total. The molecule has 2 N–H and O–H groups in total. The highest BCUT2D eigenvalue weighted by Gasteiger charge is 2.26. The topological polar surface area (TPSA) is 148 Å². The van der Waals surface area contributed by atoms with E-state index in [9.17, 15) is 14.7 Å². The van der Waals surface area contributed by atoms with Crippen molar-refractivity contribution in [1.82, 2.24) is 35.1 Å². The Morgan fingerprint density at radius 3 is 2.76 bits per heavy atom. The molecule has 3 aromatic heterocycles. The van der Waals surface area contributed by atoms with Crippen molar-refractivity contribution < 1.29 is 19.4 Å². The summed E-state index contributed by atoms with van der Waals surface area (Å²) in [6.45, 7) is 5.96. The number of rotatable bonds is 6. The van der Waals surface area contributed by atoms with Gasteiger partial charge >= 0.3 is 6.09 Å². The number of nitrogens with one attached hydrogen (secondary N) is 1. The van der Waals surface area contributed by atoms with E-state index in [2.05, 4.69) is 30.8 Å². The largest absolute Gasteiger partial charge is 0.447 e. The molecule has 0 radical (unpaired) electrons. The minimum atomic E-state index is -0.436. The third-order valence-electron chi connectivity index (χ3n) is 5.03. The summed E-state index contributed by atoms with van der Waals surface area (Å²) >= 11 is 0. The van der Waals surface area contributed by atoms with Crippen LogP contribution in [-0.2, 0) is 17.8 Å². The first-order valence-electron chi connectivity index (χ1n) is 10.5. The van der Waals surface area contributed by atoms with Crippen LogP contribution in [0.4, 0.5) is 10.6 Å². The Balaban J connectivity index is 1.48. The molecule has 33 heavy (non-hydrogen) atoms. The van der Waals surface area contributed by atoms with E-state index in [0.29, 0.717) is 30.4 Å². The number of hydrogen-bond donors (Lipinski definition) is 2. The molecule has 4 heterocycles. The average Bonchev–Trinajstić information content (AvgIpc) is 3.45. The molecular weight excluding hydrogens is 428 g/mol. The van der Waals surface area contributed by atoms with Gasteiger partial charge in [-0.3, -0.25) is 14.7 Å². The number of carbonyl (C=O) groups is 2. The van der Waals surface area contributed by atoms with E-state index in [1.165, 1.54) is 4.68 Å². The van der Waals surface area contributed by atoms with Gasteiger partial charge < -0.3 is 15.2 Å². The fourth-order valence-corrected chi connectivity index (χ4v) is 3.36. The molecule has 172 valence electrons. The fourth-order valence-electron chi connectivity index (χ4n) is 3.36. The van der Waals surface area contributed by atoms with E-state index in [4.69, 9.17) is 4.74 Å². The summed E-state index contributed by atoms with van der Waals surface area (Å²) in [7, 11) is 0. The number of tetrazole rings is 1. The number of aliphatic hydroxyl groups is 1. The van der Waals surface area contributed by atoms with Crippen LogP contribution >= 0.6 is 0 Å². The van der Waals surface area contributed by atoms with Crippen molar-refractivity contribution >= 4 is 17.8 Å². The molecule has 0 fully saturated rings. The van der Waals surface area contributed by atoms with Crippen molar-refractivity contribution in [3.05, 3.63) is 47.3 Å². The van der Waals surface area contributed by atoms with Crippen LogP contribution < -0.4 is 5.32 Å². The van der Waals surface area contributed by atoms with Gasteiger partial charge in [0, 0.05) is 12.7 Å². The van der Waals surface area contributed by atoms with Crippen LogP contribution in [0.3, 0.4) is 0 Å². The molecular formula is C21H24N8O4. The maximum absolute atomic E-state index is 12.8. The van der Waals surface area contributed by atoms with Crippen LogP contribution in [0.2, 0.25) is 0 Å². The molecule has 2 amide bonds. The lowest BCUT2D eigenvalue weighted by Crippen LogP contribution is -2.28. The van der Waals surface area contributed by atoms with Crippen LogP contribution in [0.15, 0.2) is 30.5 Å². The molecule has 0 spiro atoms. The minimum Gasteiger partial charge on any atom is -0.447 e. The first-order valence-corrected chi connectivity index (χ1v) is 10.5. The Morgan fingerprint density at radius 2 is 2.00 bits per heavy atom. The first-order chi connectivity index (χ1) is 15.9. The van der Waals surface area contributed by atoms with Gasteiger partial charge in [0.2, 0.25) is 5.82 Å². The molecule has 12 heteroatoms. The third kappa shape index (κ3) is 4.80. The van der Waals surface area contributed by atoms with E-state index in [1.54, 1.807) is 56.1 Å². The molecule has 1 aliphatic rings. The van der Waals surface area contributed by atoms with Gasteiger partial charge in [-0.2, -0.15) is 0 Å². The summed E-state index contributed by atoms with van der Waals surface area (Å²) in [5, 5.41) is 23.6. The molecule has 0 aromatic carbocycles. The number of carbonyl (C=O) groups excluding carboxylic acids is 2. The maximum Gasteiger partial charge on any atom is 0.410 e. The number of amides is 2. The van der Waals surface area contributed by atoms with E-state index in [-0.39, 0.29) is 24.4 Å². The van der Waals surface area contributed by atoms with Crippen molar-refractivity contribution in [1.29, 1.82) is 0 Å². The smallest absolute Gasteiger partial charge is 0.410 e. The van der Waals surface area contributed by atoms with E-state index in [1.807, 2.05) is 0 Å². The maximum atomic E-state index is 12.8. The standard InChI is InChI=1S/C21H24N8O4/c1-12(2)33-21(32)28-9-14-7-17(22-8-15(14)10-28)20(31)24-18-6-4-5-16(23-18)19-25-26-27-29(19)13(3)11-30/h4-8,12-13,30H,9-11H2,1-3H3,(H,23,24,31)/t13-/m1/s1. The lowest BCUT2D eigenvalue weighted by Gasteiger charge is -2.17. The fraction of sp³-hybridized carbons (Fsp3) is 0.381. The van der Waals surface area contributed by atoms with Gasteiger partial charge in [0.25, 0.3) is 5.91 Å². The monoisotopic (exact) mass is 452 g/mol. The molecule has 1 aliphatic heterocycles. The van der Waals surface area contributed by atoms with Crippen molar-refractivity contribution in [2.45, 2.75) is 46.0 Å². The van der Waals surface area contributed by atoms with Gasteiger partial charge in [0.05, 0.1) is 25.3 Å². The molecule has 1 atom stereocenters. The predicted molar refractivity (Wildman–Crippen MR) is 116 cm³/mol. The molecule has 0 unspecified atom stereocenters. The second-order valence-corrected chi connectivity index (χ2v) is 7.97. The van der Waals surface area contributed by atoms with Gasteiger partial charge in [-0.1, -0.05) is 6.07 Å². The molecule has 4 rings (SSSR count). The van der Waals surface area contributed by atoms with E-state index < -0.39 is 12.0 Å². The molecule has 0 aliphatic carbocycles. The summed E-state index contributed by atoms with van der Waals surface area (Å²) in [5.74, 6) is 0.235. The summed E-state index contributed by atoms with van der Waals surface area (Å²) in [4.78, 5) is 35.2. The average molecular weight is 452 g/mol. The number of anilines is 1. The predicted octanol–water partition coefficient (Wildman–Crippen LogP) is 1.80. The Morgan fingerprint density at radius 1 is 1.21 bits per heavy atom. The molecule has 0 saturated carbocycles. The van der Waals surface area contributed by atoms with Crippen molar-refractivity contribution in [3.8, 4) is 11.5 Å². The van der Waals surface area contributed by atoms with Crippen LogP contribution in [0.25, 0.3) is 11.5 Å². The molecule has 0 saturated heterocycles. The number of fused-ring (bicyclic) bond motifs is 1. The number of nitrogens with zero attached hydrogens (tertiary/aromatic N) is 7. The van der Waals surface area contributed by atoms with Crippen LogP contribution in [0.5, 0.6) is 0 Å². The number of aliphatic hydroxyl groups excluding tert-OH is 1. The summed E-state index contributed by atoms with van der Waals surface area (Å²) in [6.07, 6.45) is 0.993. The Labute approximate surface area is 189 Å². The second kappa shape index (κ2) is 9.28. The van der Waals surface area contributed by atoms with Crippen LogP contribution in [-0.4, -0.2) is 64.9 Å². The summed E-state index contributed by atoms with van der Waals surface area (Å²) in [5.41, 5.74) is 2.37. The minimum absolute atomic E-state index is 0.134. The number of pyridine rings is 2. The highest BCUT2D eigenvalue weighted by Crippen LogP contribution is 2.24. The third-order valence-corrected chi connectivity index (χ3v) is 5.03. The van der Waals surface area contributed by atoms with Crippen LogP contribution in [0, 0.1) is 0 Å². The normalized spacial score (nSPS) is 13.7. The van der Waals surface area contributed by atoms with Crippen LogP contribution in [0.1, 0.15) is 48.4 Å².